The number of likely N-dealkylation sites (tertiary alicyclic amines) is 1. The van der Waals surface area contributed by atoms with Crippen molar-refractivity contribution in [2.45, 2.75) is 18.9 Å². The minimum absolute atomic E-state index is 0.561. The Morgan fingerprint density at radius 2 is 2.42 bits per heavy atom. The molecule has 19 heavy (non-hydrogen) atoms. The molecule has 1 aliphatic heterocycles. The Morgan fingerprint density at radius 1 is 1.53 bits per heavy atom. The molecule has 2 aromatic heterocycles. The third-order valence-corrected chi connectivity index (χ3v) is 3.70. The first-order chi connectivity index (χ1) is 9.28. The second-order valence-electron chi connectivity index (χ2n) is 4.93. The highest BCUT2D eigenvalue weighted by molar-refractivity contribution is 5.65. The number of aromatic nitrogens is 3. The van der Waals surface area contributed by atoms with E-state index in [4.69, 9.17) is 5.84 Å². The molecule has 1 atom stereocenters. The Bertz CT molecular complexity index is 564. The Morgan fingerprint density at radius 3 is 3.16 bits per heavy atom. The fourth-order valence-corrected chi connectivity index (χ4v) is 2.57. The van der Waals surface area contributed by atoms with Crippen molar-refractivity contribution in [2.75, 3.05) is 30.9 Å². The normalized spacial score (nSPS) is 20.0. The fraction of sp³-hybridized carbons (Fsp3) is 0.500. The zero-order valence-electron chi connectivity index (χ0n) is 11.0. The molecule has 1 unspecified atom stereocenters. The van der Waals surface area contributed by atoms with E-state index in [0.717, 1.165) is 18.0 Å². The summed E-state index contributed by atoms with van der Waals surface area (Å²) in [5.41, 5.74) is 3.40. The predicted octanol–water partition coefficient (Wildman–Crippen LogP) is 0.521. The molecule has 0 spiro atoms. The second kappa shape index (κ2) is 5.02. The van der Waals surface area contributed by atoms with Crippen molar-refractivity contribution in [2.24, 2.45) is 5.84 Å². The first kappa shape index (κ1) is 12.2. The number of nitrogens with one attached hydrogen (secondary N) is 2. The first-order valence-corrected chi connectivity index (χ1v) is 6.52. The third kappa shape index (κ3) is 2.34. The van der Waals surface area contributed by atoms with Crippen LogP contribution in [0, 0.1) is 0 Å². The molecular weight excluding hydrogens is 242 g/mol. The molecule has 3 rings (SSSR count). The summed E-state index contributed by atoms with van der Waals surface area (Å²) in [5.74, 6) is 6.82. The molecule has 0 radical (unpaired) electrons. The SMILES string of the molecule is CN1CCCC1CNc1nc(NN)cn2ccnc12. The number of rotatable bonds is 4. The van der Waals surface area contributed by atoms with Gasteiger partial charge >= 0.3 is 0 Å². The van der Waals surface area contributed by atoms with Crippen LogP contribution in [0.15, 0.2) is 18.6 Å². The van der Waals surface area contributed by atoms with Gasteiger partial charge in [-0.05, 0) is 26.4 Å². The van der Waals surface area contributed by atoms with E-state index in [2.05, 4.69) is 32.7 Å². The Kier molecular flexibility index (Phi) is 3.22. The van der Waals surface area contributed by atoms with Gasteiger partial charge in [-0.15, -0.1) is 0 Å². The quantitative estimate of drug-likeness (QED) is 0.550. The average molecular weight is 261 g/mol. The fourth-order valence-electron chi connectivity index (χ4n) is 2.57. The summed E-state index contributed by atoms with van der Waals surface area (Å²) in [4.78, 5) is 11.1. The molecule has 0 saturated carbocycles. The summed E-state index contributed by atoms with van der Waals surface area (Å²) in [7, 11) is 2.16. The van der Waals surface area contributed by atoms with Crippen LogP contribution < -0.4 is 16.6 Å². The van der Waals surface area contributed by atoms with E-state index in [0.29, 0.717) is 11.9 Å². The molecule has 102 valence electrons. The van der Waals surface area contributed by atoms with Gasteiger partial charge in [0.15, 0.2) is 17.3 Å². The van der Waals surface area contributed by atoms with Crippen LogP contribution in [0.25, 0.3) is 5.65 Å². The van der Waals surface area contributed by atoms with Gasteiger partial charge in [-0.3, -0.25) is 0 Å². The molecular formula is C12H19N7. The standard InChI is InChI=1S/C12H19N7/c1-18-5-2-3-9(18)7-15-11-12-14-4-6-19(12)8-10(16-11)17-13/h4,6,8-9,17H,2-3,5,7,13H2,1H3,(H,15,16). The molecule has 0 bridgehead atoms. The molecule has 1 fully saturated rings. The molecule has 0 aliphatic carbocycles. The number of fused-ring (bicyclic) bond motifs is 1. The minimum Gasteiger partial charge on any atom is -0.365 e. The van der Waals surface area contributed by atoms with Gasteiger partial charge in [0.05, 0.1) is 6.20 Å². The molecule has 1 aliphatic rings. The summed E-state index contributed by atoms with van der Waals surface area (Å²) in [6.45, 7) is 2.04. The van der Waals surface area contributed by atoms with Crippen molar-refractivity contribution < 1.29 is 0 Å². The number of nitrogens with zero attached hydrogens (tertiary/aromatic N) is 4. The van der Waals surface area contributed by atoms with Gasteiger partial charge < -0.3 is 20.0 Å². The van der Waals surface area contributed by atoms with Crippen molar-refractivity contribution in [3.63, 3.8) is 0 Å². The van der Waals surface area contributed by atoms with Gasteiger partial charge in [0.25, 0.3) is 0 Å². The predicted molar refractivity (Wildman–Crippen MR) is 74.9 cm³/mol. The van der Waals surface area contributed by atoms with Crippen LogP contribution in [-0.2, 0) is 0 Å². The smallest absolute Gasteiger partial charge is 0.180 e. The van der Waals surface area contributed by atoms with Crippen molar-refractivity contribution in [3.05, 3.63) is 18.6 Å². The van der Waals surface area contributed by atoms with E-state index in [1.54, 1.807) is 6.20 Å². The number of nitrogen functional groups attached to an aromatic ring is 1. The molecule has 3 heterocycles. The highest BCUT2D eigenvalue weighted by atomic mass is 15.3. The lowest BCUT2D eigenvalue weighted by atomic mass is 10.2. The highest BCUT2D eigenvalue weighted by Gasteiger charge is 2.21. The van der Waals surface area contributed by atoms with E-state index in [9.17, 15) is 0 Å². The van der Waals surface area contributed by atoms with E-state index in [1.165, 1.54) is 19.4 Å². The average Bonchev–Trinajstić information content (AvgIpc) is 3.04. The van der Waals surface area contributed by atoms with Crippen molar-refractivity contribution >= 4 is 17.3 Å². The summed E-state index contributed by atoms with van der Waals surface area (Å²) >= 11 is 0. The van der Waals surface area contributed by atoms with Crippen LogP contribution in [0.4, 0.5) is 11.6 Å². The Hall–Kier alpha value is -1.86. The monoisotopic (exact) mass is 261 g/mol. The van der Waals surface area contributed by atoms with Crippen LogP contribution in [0.5, 0.6) is 0 Å². The van der Waals surface area contributed by atoms with Crippen LogP contribution in [0.1, 0.15) is 12.8 Å². The lowest BCUT2D eigenvalue weighted by molar-refractivity contribution is 0.322. The third-order valence-electron chi connectivity index (χ3n) is 3.70. The van der Waals surface area contributed by atoms with Gasteiger partial charge in [-0.25, -0.2) is 15.8 Å². The number of hydrogen-bond donors (Lipinski definition) is 3. The Balaban J connectivity index is 1.81. The number of imidazole rings is 1. The number of nitrogens with two attached hydrogens (primary N) is 1. The van der Waals surface area contributed by atoms with E-state index in [1.807, 2.05) is 16.8 Å². The first-order valence-electron chi connectivity index (χ1n) is 6.52. The molecule has 7 nitrogen and oxygen atoms in total. The van der Waals surface area contributed by atoms with Crippen LogP contribution in [-0.4, -0.2) is 45.4 Å². The molecule has 0 amide bonds. The van der Waals surface area contributed by atoms with Gasteiger partial charge in [-0.2, -0.15) is 0 Å². The molecule has 4 N–H and O–H groups in total. The molecule has 1 saturated heterocycles. The second-order valence-corrected chi connectivity index (χ2v) is 4.93. The molecule has 0 aromatic carbocycles. The molecule has 7 heteroatoms. The number of likely N-dealkylation sites (N-methyl/N-ethyl adjacent to an activating group) is 1. The van der Waals surface area contributed by atoms with E-state index < -0.39 is 0 Å². The maximum absolute atomic E-state index is 5.44. The number of hydrogen-bond acceptors (Lipinski definition) is 6. The van der Waals surface area contributed by atoms with Crippen molar-refractivity contribution in [1.29, 1.82) is 0 Å². The van der Waals surface area contributed by atoms with E-state index >= 15 is 0 Å². The van der Waals surface area contributed by atoms with Crippen LogP contribution >= 0.6 is 0 Å². The summed E-state index contributed by atoms with van der Waals surface area (Å²) in [6.07, 6.45) is 7.94. The summed E-state index contributed by atoms with van der Waals surface area (Å²) in [5, 5.41) is 3.39. The van der Waals surface area contributed by atoms with Crippen LogP contribution in [0.2, 0.25) is 0 Å². The topological polar surface area (TPSA) is 83.5 Å². The summed E-state index contributed by atoms with van der Waals surface area (Å²) in [6, 6.07) is 0.561. The Labute approximate surface area is 111 Å². The van der Waals surface area contributed by atoms with Gasteiger partial charge in [-0.1, -0.05) is 0 Å². The maximum atomic E-state index is 5.44. The maximum Gasteiger partial charge on any atom is 0.180 e. The van der Waals surface area contributed by atoms with Crippen LogP contribution in [0.3, 0.4) is 0 Å². The number of hydrazine groups is 1. The number of anilines is 2. The van der Waals surface area contributed by atoms with Gasteiger partial charge in [0.2, 0.25) is 0 Å². The lowest BCUT2D eigenvalue weighted by Gasteiger charge is -2.20. The minimum atomic E-state index is 0.561. The zero-order valence-corrected chi connectivity index (χ0v) is 11.0. The zero-order chi connectivity index (χ0) is 13.2. The summed E-state index contributed by atoms with van der Waals surface area (Å²) < 4.78 is 1.91. The molecule has 2 aromatic rings. The lowest BCUT2D eigenvalue weighted by Crippen LogP contribution is -2.31. The van der Waals surface area contributed by atoms with Gasteiger partial charge in [0, 0.05) is 25.0 Å². The highest BCUT2D eigenvalue weighted by Crippen LogP contribution is 2.18. The van der Waals surface area contributed by atoms with E-state index in [-0.39, 0.29) is 0 Å². The van der Waals surface area contributed by atoms with Gasteiger partial charge in [0.1, 0.15) is 0 Å². The largest absolute Gasteiger partial charge is 0.365 e. The van der Waals surface area contributed by atoms with Crippen molar-refractivity contribution in [1.82, 2.24) is 19.3 Å². The van der Waals surface area contributed by atoms with Crippen molar-refractivity contribution in [3.8, 4) is 0 Å².